The van der Waals surface area contributed by atoms with Crippen molar-refractivity contribution < 1.29 is 17.9 Å². The topological polar surface area (TPSA) is 0 Å². The molecule has 0 saturated carbocycles. The van der Waals surface area contributed by atoms with Crippen LogP contribution in [0.4, 0.5) is 0 Å². The molecule has 2 aliphatic rings. The van der Waals surface area contributed by atoms with Crippen molar-refractivity contribution in [3.63, 3.8) is 0 Å². The van der Waals surface area contributed by atoms with Crippen molar-refractivity contribution in [2.75, 3.05) is 0 Å². The molecule has 0 nitrogen and oxygen atoms in total. The average molecular weight is 781 g/mol. The molecular weight excluding hydrogens is 732 g/mol. The van der Waals surface area contributed by atoms with Gasteiger partial charge in [0, 0.05) is 0 Å². The van der Waals surface area contributed by atoms with Crippen molar-refractivity contribution in [2.24, 2.45) is 0 Å². The molecule has 2 aliphatic carbocycles. The van der Waals surface area contributed by atoms with Crippen LogP contribution in [0.5, 0.6) is 0 Å². The first-order valence-corrected chi connectivity index (χ1v) is 34.0. The van der Waals surface area contributed by atoms with E-state index in [-0.39, 0.29) is 0 Å². The van der Waals surface area contributed by atoms with Gasteiger partial charge in [-0.3, -0.25) is 0 Å². The van der Waals surface area contributed by atoms with Crippen LogP contribution in [0.15, 0.2) is 163 Å². The van der Waals surface area contributed by atoms with E-state index in [0.717, 1.165) is 12.8 Å². The second-order valence-electron chi connectivity index (χ2n) is 16.5. The summed E-state index contributed by atoms with van der Waals surface area (Å²) in [6.45, 7) is 7.59. The number of rotatable bonds is 8. The summed E-state index contributed by atoms with van der Waals surface area (Å²) in [5.41, 5.74) is 14.9. The molecule has 0 amide bonds. The van der Waals surface area contributed by atoms with Crippen LogP contribution in [0.2, 0.25) is 15.8 Å². The van der Waals surface area contributed by atoms with E-state index < -0.39 is 23.9 Å². The Morgan fingerprint density at radius 3 is 1.32 bits per heavy atom. The molecule has 261 valence electrons. The van der Waals surface area contributed by atoms with Gasteiger partial charge in [0.1, 0.15) is 0 Å². The number of allylic oxidation sites excluding steroid dienone is 2. The Balaban J connectivity index is 1.31. The van der Waals surface area contributed by atoms with Gasteiger partial charge in [-0.25, -0.2) is 0 Å². The zero-order chi connectivity index (χ0) is 36.3. The molecule has 3 unspecified atom stereocenters. The van der Waals surface area contributed by atoms with E-state index in [2.05, 4.69) is 193 Å². The molecule has 3 atom stereocenters. The van der Waals surface area contributed by atoms with Crippen LogP contribution in [0.1, 0.15) is 56.2 Å². The molecule has 53 heavy (non-hydrogen) atoms. The van der Waals surface area contributed by atoms with Crippen LogP contribution in [0.3, 0.4) is 0 Å². The van der Waals surface area contributed by atoms with E-state index in [4.69, 9.17) is 0 Å². The van der Waals surface area contributed by atoms with Gasteiger partial charge in [0.2, 0.25) is 0 Å². The van der Waals surface area contributed by atoms with E-state index in [0.29, 0.717) is 7.25 Å². The third-order valence-corrected chi connectivity index (χ3v) is 56.7. The number of fused-ring (bicyclic) bond motifs is 4. The zero-order valence-corrected chi connectivity index (χ0v) is 35.3. The molecule has 7 aromatic carbocycles. The van der Waals surface area contributed by atoms with Gasteiger partial charge in [-0.1, -0.05) is 0 Å². The van der Waals surface area contributed by atoms with Crippen molar-refractivity contribution >= 4 is 44.8 Å². The molecule has 0 bridgehead atoms. The van der Waals surface area contributed by atoms with Crippen LogP contribution in [0.25, 0.3) is 56.0 Å². The maximum absolute atomic E-state index is 4.14. The van der Waals surface area contributed by atoms with Gasteiger partial charge in [-0.05, 0) is 0 Å². The molecule has 7 aromatic rings. The summed E-state index contributed by atoms with van der Waals surface area (Å²) in [6, 6.07) is 57.8. The van der Waals surface area contributed by atoms with E-state index in [1.54, 1.807) is 27.5 Å². The van der Waals surface area contributed by atoms with E-state index in [9.17, 15) is 0 Å². The van der Waals surface area contributed by atoms with E-state index in [1.165, 1.54) is 54.9 Å². The van der Waals surface area contributed by atoms with Gasteiger partial charge >= 0.3 is 320 Å². The van der Waals surface area contributed by atoms with Gasteiger partial charge in [-0.15, -0.1) is 0 Å². The SMILES string of the molecule is CCC1=Cc2c(-c3cccc4ccccc34)cccc2[CH]1[Zr]([CH3])([CH3])([CH]1C(CC)=Cc2c(-c3cccc4ccccc34)cccc21)[SiH](C)c1ccccc1. The Labute approximate surface area is 317 Å². The summed E-state index contributed by atoms with van der Waals surface area (Å²) >= 11 is -4.14. The first-order chi connectivity index (χ1) is 25.8. The molecule has 0 spiro atoms. The number of hydrogen-bond acceptors (Lipinski definition) is 0. The van der Waals surface area contributed by atoms with Gasteiger partial charge in [-0.2, -0.15) is 0 Å². The molecule has 0 fully saturated rings. The maximum atomic E-state index is 2.92. The summed E-state index contributed by atoms with van der Waals surface area (Å²) in [5, 5.41) is 6.92. The Hall–Kier alpha value is -4.36. The van der Waals surface area contributed by atoms with Crippen molar-refractivity contribution in [1.29, 1.82) is 0 Å². The van der Waals surface area contributed by atoms with Crippen LogP contribution in [0, 0.1) is 0 Å². The summed E-state index contributed by atoms with van der Waals surface area (Å²) < 4.78 is 6.79. The summed E-state index contributed by atoms with van der Waals surface area (Å²) in [6.07, 6.45) is 7.47. The van der Waals surface area contributed by atoms with E-state index >= 15 is 0 Å². The fourth-order valence-corrected chi connectivity index (χ4v) is 49.1. The first-order valence-electron chi connectivity index (χ1n) is 19.7. The summed E-state index contributed by atoms with van der Waals surface area (Å²) in [4.78, 5) is 0. The Morgan fingerprint density at radius 2 is 0.849 bits per heavy atom. The van der Waals surface area contributed by atoms with Crippen molar-refractivity contribution in [1.82, 2.24) is 0 Å². The normalized spacial score (nSPS) is 17.9. The summed E-state index contributed by atoms with van der Waals surface area (Å²) in [5.74, 6) is -1.57. The second kappa shape index (κ2) is 13.2. The first kappa shape index (κ1) is 34.4. The minimum atomic E-state index is -4.14. The zero-order valence-electron chi connectivity index (χ0n) is 31.7. The van der Waals surface area contributed by atoms with Crippen LogP contribution >= 0.6 is 0 Å². The molecule has 0 aliphatic heterocycles. The third kappa shape index (κ3) is 5.24. The third-order valence-electron chi connectivity index (χ3n) is 13.8. The molecule has 0 aromatic heterocycles. The van der Waals surface area contributed by atoms with Crippen LogP contribution in [-0.4, -0.2) is 5.92 Å². The van der Waals surface area contributed by atoms with Crippen molar-refractivity contribution in [2.45, 2.75) is 49.8 Å². The Kier molecular flexibility index (Phi) is 8.56. The molecule has 9 rings (SSSR count). The summed E-state index contributed by atoms with van der Waals surface area (Å²) in [7, 11) is 0. The fraction of sp³-hybridized carbons (Fsp3) is 0.176. The van der Waals surface area contributed by atoms with Crippen molar-refractivity contribution in [3.05, 3.63) is 185 Å². The predicted molar refractivity (Wildman–Crippen MR) is 232 cm³/mol. The van der Waals surface area contributed by atoms with Gasteiger partial charge in [0.05, 0.1) is 0 Å². The molecule has 0 radical (unpaired) electrons. The average Bonchev–Trinajstić information content (AvgIpc) is 3.81. The standard InChI is InChI=1S/2C21H17.C7H9Si.2CH3.Zr/c2*1-2-15-13-17-9-6-12-20(21(17)14-15)19-11-5-8-16-7-3-4-10-18(16)19;1-8-7-5-3-2-4-6-7;;;/h2*3-14H,2H2,1H3;2-6,8H,1H3;2*1H3;. The minimum absolute atomic E-state index is 0.473. The van der Waals surface area contributed by atoms with Gasteiger partial charge in [0.15, 0.2) is 0 Å². The number of hydrogen-bond donors (Lipinski definition) is 0. The Bertz CT molecular complexity index is 2440. The molecule has 0 heterocycles. The van der Waals surface area contributed by atoms with Gasteiger partial charge in [0.25, 0.3) is 0 Å². The second-order valence-corrected chi connectivity index (χ2v) is 52.1. The molecule has 0 saturated heterocycles. The quantitative estimate of drug-likeness (QED) is 0.135. The molecule has 2 heteroatoms. The van der Waals surface area contributed by atoms with E-state index in [1.807, 2.05) is 0 Å². The Morgan fingerprint density at radius 1 is 0.453 bits per heavy atom. The number of benzene rings is 7. The van der Waals surface area contributed by atoms with Gasteiger partial charge < -0.3 is 0 Å². The fourth-order valence-electron chi connectivity index (χ4n) is 11.0. The predicted octanol–water partition coefficient (Wildman–Crippen LogP) is 13.8. The monoisotopic (exact) mass is 779 g/mol. The molecule has 0 N–H and O–H groups in total. The molecular formula is C51H49SiZr. The van der Waals surface area contributed by atoms with Crippen LogP contribution in [-0.2, 0) is 17.9 Å². The van der Waals surface area contributed by atoms with Crippen LogP contribution < -0.4 is 5.19 Å². The van der Waals surface area contributed by atoms with Crippen molar-refractivity contribution in [3.8, 4) is 22.3 Å².